The first-order chi connectivity index (χ1) is 11.2. The highest BCUT2D eigenvalue weighted by molar-refractivity contribution is 6.23. The predicted octanol–water partition coefficient (Wildman–Crippen LogP) is 4.07. The Labute approximate surface area is 136 Å². The third-order valence-electron chi connectivity index (χ3n) is 3.48. The normalized spacial score (nSPS) is 11.7. The van der Waals surface area contributed by atoms with Crippen molar-refractivity contribution in [3.8, 4) is 5.75 Å². The van der Waals surface area contributed by atoms with Crippen molar-refractivity contribution in [1.82, 2.24) is 0 Å². The minimum atomic E-state index is -0.934. The van der Waals surface area contributed by atoms with E-state index in [1.807, 2.05) is 37.3 Å². The van der Waals surface area contributed by atoms with E-state index >= 15 is 0 Å². The molecular weight excluding hydrogens is 292 g/mol. The van der Waals surface area contributed by atoms with E-state index in [9.17, 15) is 9.90 Å². The average molecular weight is 312 g/mol. The van der Waals surface area contributed by atoms with Crippen molar-refractivity contribution in [2.45, 2.75) is 13.3 Å². The Bertz CT molecular complexity index is 672. The molecule has 0 aliphatic rings. The number of methoxy groups -OCH3 is 1. The van der Waals surface area contributed by atoms with Crippen LogP contribution < -0.4 is 4.74 Å². The molecule has 23 heavy (non-hydrogen) atoms. The van der Waals surface area contributed by atoms with Crippen molar-refractivity contribution in [2.24, 2.45) is 0 Å². The van der Waals surface area contributed by atoms with E-state index in [0.29, 0.717) is 23.3 Å². The summed E-state index contributed by atoms with van der Waals surface area (Å²) < 4.78 is 10.2. The third-order valence-corrected chi connectivity index (χ3v) is 3.48. The SMILES string of the molecule is CCC(=C(C(=O)O)c1ccc(OCOC)cc1)c1ccccc1. The largest absolute Gasteiger partial charge is 0.478 e. The first kappa shape index (κ1) is 16.8. The Morgan fingerprint density at radius 3 is 2.17 bits per heavy atom. The molecule has 0 saturated heterocycles. The highest BCUT2D eigenvalue weighted by atomic mass is 16.7. The molecule has 0 atom stereocenters. The van der Waals surface area contributed by atoms with Crippen LogP contribution in [0, 0.1) is 0 Å². The highest BCUT2D eigenvalue weighted by Gasteiger charge is 2.17. The van der Waals surface area contributed by atoms with Crippen LogP contribution >= 0.6 is 0 Å². The van der Waals surface area contributed by atoms with Crippen molar-refractivity contribution in [3.63, 3.8) is 0 Å². The minimum Gasteiger partial charge on any atom is -0.478 e. The number of ether oxygens (including phenoxy) is 2. The molecule has 0 unspecified atom stereocenters. The predicted molar refractivity (Wildman–Crippen MR) is 90.1 cm³/mol. The van der Waals surface area contributed by atoms with Crippen LogP contribution in [0.2, 0.25) is 0 Å². The summed E-state index contributed by atoms with van der Waals surface area (Å²) in [6.07, 6.45) is 0.633. The number of carbonyl (C=O) groups is 1. The number of aliphatic carboxylic acids is 1. The highest BCUT2D eigenvalue weighted by Crippen LogP contribution is 2.30. The van der Waals surface area contributed by atoms with Gasteiger partial charge in [-0.3, -0.25) is 0 Å². The molecule has 0 spiro atoms. The van der Waals surface area contributed by atoms with Gasteiger partial charge in [-0.05, 0) is 35.3 Å². The Kier molecular flexibility index (Phi) is 5.94. The van der Waals surface area contributed by atoms with E-state index in [4.69, 9.17) is 9.47 Å². The van der Waals surface area contributed by atoms with Gasteiger partial charge >= 0.3 is 5.97 Å². The smallest absolute Gasteiger partial charge is 0.336 e. The summed E-state index contributed by atoms with van der Waals surface area (Å²) >= 11 is 0. The molecule has 0 amide bonds. The number of carboxylic acids is 1. The van der Waals surface area contributed by atoms with Gasteiger partial charge in [0.15, 0.2) is 6.79 Å². The molecule has 0 saturated carbocycles. The van der Waals surface area contributed by atoms with Gasteiger partial charge < -0.3 is 14.6 Å². The maximum absolute atomic E-state index is 11.8. The molecular formula is C19H20O4. The summed E-state index contributed by atoms with van der Waals surface area (Å²) in [5, 5.41) is 9.69. The maximum Gasteiger partial charge on any atom is 0.336 e. The second-order valence-electron chi connectivity index (χ2n) is 4.95. The van der Waals surface area contributed by atoms with Crippen LogP contribution in [0.25, 0.3) is 11.1 Å². The van der Waals surface area contributed by atoms with E-state index in [1.54, 1.807) is 31.4 Å². The Morgan fingerprint density at radius 2 is 1.65 bits per heavy atom. The minimum absolute atomic E-state index is 0.158. The Morgan fingerprint density at radius 1 is 1.00 bits per heavy atom. The summed E-state index contributed by atoms with van der Waals surface area (Å²) in [6, 6.07) is 16.6. The van der Waals surface area contributed by atoms with Crippen LogP contribution in [0.15, 0.2) is 54.6 Å². The summed E-state index contributed by atoms with van der Waals surface area (Å²) in [4.78, 5) is 11.8. The lowest BCUT2D eigenvalue weighted by Gasteiger charge is -2.12. The molecule has 2 aromatic rings. The lowest BCUT2D eigenvalue weighted by Crippen LogP contribution is -2.04. The topological polar surface area (TPSA) is 55.8 Å². The van der Waals surface area contributed by atoms with Crippen molar-refractivity contribution in [1.29, 1.82) is 0 Å². The molecule has 0 aliphatic carbocycles. The first-order valence-electron chi connectivity index (χ1n) is 7.41. The molecule has 4 nitrogen and oxygen atoms in total. The molecule has 0 heterocycles. The zero-order chi connectivity index (χ0) is 16.7. The van der Waals surface area contributed by atoms with Gasteiger partial charge in [0, 0.05) is 7.11 Å². The van der Waals surface area contributed by atoms with Gasteiger partial charge in [0.25, 0.3) is 0 Å². The van der Waals surface area contributed by atoms with Crippen LogP contribution in [0.3, 0.4) is 0 Å². The van der Waals surface area contributed by atoms with E-state index < -0.39 is 5.97 Å². The van der Waals surface area contributed by atoms with E-state index in [-0.39, 0.29) is 6.79 Å². The van der Waals surface area contributed by atoms with Crippen LogP contribution in [0.5, 0.6) is 5.75 Å². The molecule has 2 rings (SSSR count). The van der Waals surface area contributed by atoms with Gasteiger partial charge in [0.2, 0.25) is 0 Å². The van der Waals surface area contributed by atoms with Crippen molar-refractivity contribution in [3.05, 3.63) is 65.7 Å². The molecule has 0 fully saturated rings. The van der Waals surface area contributed by atoms with Gasteiger partial charge in [0.05, 0.1) is 5.57 Å². The maximum atomic E-state index is 11.8. The lowest BCUT2D eigenvalue weighted by molar-refractivity contribution is -0.130. The second-order valence-corrected chi connectivity index (χ2v) is 4.95. The standard InChI is InChI=1S/C19H20O4/c1-3-17(14-7-5-4-6-8-14)18(19(20)21)15-9-11-16(12-10-15)23-13-22-2/h4-12H,3,13H2,1-2H3,(H,20,21). The average Bonchev–Trinajstić information content (AvgIpc) is 2.59. The first-order valence-corrected chi connectivity index (χ1v) is 7.41. The van der Waals surface area contributed by atoms with Crippen LogP contribution in [-0.2, 0) is 9.53 Å². The number of benzene rings is 2. The number of hydrogen-bond acceptors (Lipinski definition) is 3. The van der Waals surface area contributed by atoms with Gasteiger partial charge in [-0.15, -0.1) is 0 Å². The quantitative estimate of drug-likeness (QED) is 0.475. The zero-order valence-electron chi connectivity index (χ0n) is 13.3. The fourth-order valence-corrected chi connectivity index (χ4v) is 2.44. The van der Waals surface area contributed by atoms with Crippen LogP contribution in [0.1, 0.15) is 24.5 Å². The molecule has 1 N–H and O–H groups in total. The number of rotatable bonds is 7. The fraction of sp³-hybridized carbons (Fsp3) is 0.211. The van der Waals surface area contributed by atoms with Crippen molar-refractivity contribution in [2.75, 3.05) is 13.9 Å². The molecule has 0 radical (unpaired) electrons. The zero-order valence-corrected chi connectivity index (χ0v) is 13.3. The van der Waals surface area contributed by atoms with E-state index in [2.05, 4.69) is 0 Å². The molecule has 0 aromatic heterocycles. The van der Waals surface area contributed by atoms with Crippen LogP contribution in [0.4, 0.5) is 0 Å². The van der Waals surface area contributed by atoms with Crippen LogP contribution in [-0.4, -0.2) is 25.0 Å². The molecule has 0 aliphatic heterocycles. The van der Waals surface area contributed by atoms with Crippen molar-refractivity contribution < 1.29 is 19.4 Å². The summed E-state index contributed by atoms with van der Waals surface area (Å²) in [6.45, 7) is 2.12. The fourth-order valence-electron chi connectivity index (χ4n) is 2.44. The number of carboxylic acid groups (broad SMARTS) is 1. The number of allylic oxidation sites excluding steroid dienone is 1. The van der Waals surface area contributed by atoms with Gasteiger partial charge in [-0.2, -0.15) is 0 Å². The van der Waals surface area contributed by atoms with E-state index in [1.165, 1.54) is 0 Å². The van der Waals surface area contributed by atoms with Gasteiger partial charge in [-0.25, -0.2) is 4.79 Å². The molecule has 2 aromatic carbocycles. The summed E-state index contributed by atoms with van der Waals surface area (Å²) in [5.41, 5.74) is 2.70. The summed E-state index contributed by atoms with van der Waals surface area (Å²) in [5.74, 6) is -0.297. The summed E-state index contributed by atoms with van der Waals surface area (Å²) in [7, 11) is 1.55. The second kappa shape index (κ2) is 8.15. The number of hydrogen-bond donors (Lipinski definition) is 1. The van der Waals surface area contributed by atoms with Gasteiger partial charge in [0.1, 0.15) is 5.75 Å². The van der Waals surface area contributed by atoms with Crippen molar-refractivity contribution >= 4 is 17.1 Å². The molecule has 4 heteroatoms. The third kappa shape index (κ3) is 4.20. The Balaban J connectivity index is 2.45. The molecule has 0 bridgehead atoms. The van der Waals surface area contributed by atoms with E-state index in [0.717, 1.165) is 11.1 Å². The Hall–Kier alpha value is -2.59. The lowest BCUT2D eigenvalue weighted by atomic mass is 9.93. The monoisotopic (exact) mass is 312 g/mol. The molecule has 120 valence electrons. The van der Waals surface area contributed by atoms with Gasteiger partial charge in [-0.1, -0.05) is 49.4 Å².